The lowest BCUT2D eigenvalue weighted by molar-refractivity contribution is -0.145. The van der Waals surface area contributed by atoms with Gasteiger partial charge in [-0.25, -0.2) is 0 Å². The van der Waals surface area contributed by atoms with E-state index < -0.39 is 0 Å². The number of hydrogen-bond acceptors (Lipinski definition) is 4. The van der Waals surface area contributed by atoms with Crippen molar-refractivity contribution in [2.75, 3.05) is 7.11 Å². The molecule has 5 heteroatoms. The van der Waals surface area contributed by atoms with Crippen LogP contribution < -0.4 is 0 Å². The van der Waals surface area contributed by atoms with E-state index in [9.17, 15) is 4.79 Å². The average Bonchev–Trinajstić information content (AvgIpc) is 2.58. The number of carbonyl (C=O) groups is 1. The SMILES string of the molecule is COC(=O)[C@H]1CC=C[C@H](B2OC(C)(C)C(C)(C)O2)C1. The highest BCUT2D eigenvalue weighted by molar-refractivity contribution is 6.48. The first-order valence-electron chi connectivity index (χ1n) is 6.87. The van der Waals surface area contributed by atoms with Crippen molar-refractivity contribution < 1.29 is 18.8 Å². The Morgan fingerprint density at radius 3 is 2.37 bits per heavy atom. The van der Waals surface area contributed by atoms with Gasteiger partial charge in [0.1, 0.15) is 0 Å². The zero-order valence-corrected chi connectivity index (χ0v) is 12.4. The van der Waals surface area contributed by atoms with Crippen LogP contribution in [0.3, 0.4) is 0 Å². The molecule has 0 N–H and O–H groups in total. The summed E-state index contributed by atoms with van der Waals surface area (Å²) in [6, 6.07) is 0. The minimum absolute atomic E-state index is 0.0842. The van der Waals surface area contributed by atoms with Crippen LogP contribution in [-0.4, -0.2) is 31.4 Å². The summed E-state index contributed by atoms with van der Waals surface area (Å²) in [5.74, 6) is -0.121. The van der Waals surface area contributed by atoms with Gasteiger partial charge in [-0.2, -0.15) is 0 Å². The van der Waals surface area contributed by atoms with Gasteiger partial charge in [-0.05, 0) is 40.5 Å². The summed E-state index contributed by atoms with van der Waals surface area (Å²) in [7, 11) is 1.15. The van der Waals surface area contributed by atoms with Crippen LogP contribution >= 0.6 is 0 Å². The molecule has 1 heterocycles. The quantitative estimate of drug-likeness (QED) is 0.438. The predicted molar refractivity (Wildman–Crippen MR) is 73.7 cm³/mol. The second kappa shape index (κ2) is 4.95. The van der Waals surface area contributed by atoms with Gasteiger partial charge in [0, 0.05) is 5.82 Å². The molecule has 1 aliphatic heterocycles. The van der Waals surface area contributed by atoms with Gasteiger partial charge in [0.05, 0.1) is 24.2 Å². The highest BCUT2D eigenvalue weighted by Crippen LogP contribution is 2.43. The molecular formula is C14H23BO4. The van der Waals surface area contributed by atoms with Crippen LogP contribution in [0.25, 0.3) is 0 Å². The van der Waals surface area contributed by atoms with Crippen LogP contribution in [0, 0.1) is 5.92 Å². The van der Waals surface area contributed by atoms with E-state index in [1.54, 1.807) is 0 Å². The third kappa shape index (κ3) is 2.72. The molecule has 0 amide bonds. The van der Waals surface area contributed by atoms with Gasteiger partial charge < -0.3 is 14.0 Å². The number of methoxy groups -OCH3 is 1. The van der Waals surface area contributed by atoms with Crippen molar-refractivity contribution in [1.82, 2.24) is 0 Å². The van der Waals surface area contributed by atoms with Gasteiger partial charge in [-0.1, -0.05) is 12.2 Å². The molecule has 19 heavy (non-hydrogen) atoms. The number of carbonyl (C=O) groups excluding carboxylic acids is 1. The van der Waals surface area contributed by atoms with Crippen LogP contribution in [0.15, 0.2) is 12.2 Å². The Bertz CT molecular complexity index is 373. The van der Waals surface area contributed by atoms with E-state index in [0.717, 1.165) is 12.8 Å². The predicted octanol–water partition coefficient (Wildman–Crippen LogP) is 2.59. The molecule has 2 aliphatic rings. The van der Waals surface area contributed by atoms with Crippen molar-refractivity contribution in [2.45, 2.75) is 57.6 Å². The van der Waals surface area contributed by atoms with E-state index in [-0.39, 0.29) is 36.0 Å². The lowest BCUT2D eigenvalue weighted by Crippen LogP contribution is -2.41. The molecule has 0 aromatic heterocycles. The Morgan fingerprint density at radius 1 is 1.26 bits per heavy atom. The molecule has 1 fully saturated rings. The van der Waals surface area contributed by atoms with Crippen molar-refractivity contribution in [2.24, 2.45) is 5.92 Å². The Balaban J connectivity index is 2.06. The molecule has 0 spiro atoms. The molecule has 0 unspecified atom stereocenters. The fourth-order valence-corrected chi connectivity index (χ4v) is 2.55. The first kappa shape index (κ1) is 14.6. The van der Waals surface area contributed by atoms with Gasteiger partial charge in [-0.15, -0.1) is 0 Å². The fraction of sp³-hybridized carbons (Fsp3) is 0.786. The van der Waals surface area contributed by atoms with Gasteiger partial charge in [0.25, 0.3) is 0 Å². The molecule has 2 atom stereocenters. The standard InChI is InChI=1S/C14H23BO4/c1-13(2)14(3,4)19-15(18-13)11-8-6-7-10(9-11)12(16)17-5/h6,8,10-11H,7,9H2,1-5H3/t10-,11-/m0/s1. The highest BCUT2D eigenvalue weighted by atomic mass is 16.7. The van der Waals surface area contributed by atoms with E-state index in [2.05, 4.69) is 6.08 Å². The van der Waals surface area contributed by atoms with E-state index in [0.29, 0.717) is 0 Å². The minimum atomic E-state index is -0.330. The number of hydrogen-bond donors (Lipinski definition) is 0. The van der Waals surface area contributed by atoms with Crippen LogP contribution in [0.5, 0.6) is 0 Å². The monoisotopic (exact) mass is 266 g/mol. The van der Waals surface area contributed by atoms with Crippen molar-refractivity contribution in [3.05, 3.63) is 12.2 Å². The van der Waals surface area contributed by atoms with Crippen molar-refractivity contribution in [3.63, 3.8) is 0 Å². The molecule has 106 valence electrons. The second-order valence-corrected chi connectivity index (χ2v) is 6.41. The Morgan fingerprint density at radius 2 is 1.84 bits per heavy atom. The largest absolute Gasteiger partial charge is 0.469 e. The summed E-state index contributed by atoms with van der Waals surface area (Å²) in [6.07, 6.45) is 5.59. The molecule has 0 aromatic rings. The van der Waals surface area contributed by atoms with Crippen LogP contribution in [-0.2, 0) is 18.8 Å². The number of allylic oxidation sites excluding steroid dienone is 2. The number of esters is 1. The molecule has 0 aromatic carbocycles. The summed E-state index contributed by atoms with van der Waals surface area (Å²) >= 11 is 0. The van der Waals surface area contributed by atoms with Crippen LogP contribution in [0.1, 0.15) is 40.5 Å². The molecule has 4 nitrogen and oxygen atoms in total. The Labute approximate surface area is 115 Å². The lowest BCUT2D eigenvalue weighted by Gasteiger charge is -2.32. The fourth-order valence-electron chi connectivity index (χ4n) is 2.55. The molecule has 0 saturated carbocycles. The van der Waals surface area contributed by atoms with Gasteiger partial charge >= 0.3 is 13.1 Å². The van der Waals surface area contributed by atoms with Crippen molar-refractivity contribution in [1.29, 1.82) is 0 Å². The minimum Gasteiger partial charge on any atom is -0.469 e. The van der Waals surface area contributed by atoms with E-state index in [4.69, 9.17) is 14.0 Å². The first-order valence-corrected chi connectivity index (χ1v) is 6.87. The lowest BCUT2D eigenvalue weighted by atomic mass is 9.65. The van der Waals surface area contributed by atoms with E-state index >= 15 is 0 Å². The summed E-state index contributed by atoms with van der Waals surface area (Å²) < 4.78 is 16.9. The maximum Gasteiger partial charge on any atom is 0.465 e. The van der Waals surface area contributed by atoms with Gasteiger partial charge in [-0.3, -0.25) is 4.79 Å². The van der Waals surface area contributed by atoms with Gasteiger partial charge in [0.15, 0.2) is 0 Å². The second-order valence-electron chi connectivity index (χ2n) is 6.41. The normalized spacial score (nSPS) is 32.4. The van der Waals surface area contributed by atoms with Crippen molar-refractivity contribution in [3.8, 4) is 0 Å². The van der Waals surface area contributed by atoms with E-state index in [1.807, 2.05) is 33.8 Å². The maximum absolute atomic E-state index is 11.6. The Kier molecular flexibility index (Phi) is 3.80. The topological polar surface area (TPSA) is 44.8 Å². The number of ether oxygens (including phenoxy) is 1. The van der Waals surface area contributed by atoms with Crippen LogP contribution in [0.2, 0.25) is 5.82 Å². The van der Waals surface area contributed by atoms with Gasteiger partial charge in [0.2, 0.25) is 0 Å². The maximum atomic E-state index is 11.6. The van der Waals surface area contributed by atoms with Crippen molar-refractivity contribution >= 4 is 13.1 Å². The summed E-state index contributed by atoms with van der Waals surface area (Å²) in [6.45, 7) is 8.16. The summed E-state index contributed by atoms with van der Waals surface area (Å²) in [5, 5.41) is 0. The molecule has 1 aliphatic carbocycles. The zero-order chi connectivity index (χ0) is 14.3. The Hall–Kier alpha value is -0.805. The molecular weight excluding hydrogens is 243 g/mol. The molecule has 0 bridgehead atoms. The molecule has 0 radical (unpaired) electrons. The molecule has 1 saturated heterocycles. The smallest absolute Gasteiger partial charge is 0.465 e. The third-order valence-corrected chi connectivity index (χ3v) is 4.52. The molecule has 2 rings (SSSR count). The summed E-state index contributed by atoms with van der Waals surface area (Å²) in [4.78, 5) is 11.6. The zero-order valence-electron chi connectivity index (χ0n) is 12.4. The highest BCUT2D eigenvalue weighted by Gasteiger charge is 2.53. The van der Waals surface area contributed by atoms with E-state index in [1.165, 1.54) is 7.11 Å². The third-order valence-electron chi connectivity index (χ3n) is 4.52. The average molecular weight is 266 g/mol. The summed E-state index contributed by atoms with van der Waals surface area (Å²) in [5.41, 5.74) is -0.659. The number of rotatable bonds is 2. The van der Waals surface area contributed by atoms with Crippen LogP contribution in [0.4, 0.5) is 0 Å². The first-order chi connectivity index (χ1) is 8.77.